The molecule has 0 unspecified atom stereocenters. The molecule has 0 bridgehead atoms. The molecule has 0 aliphatic carbocycles. The minimum atomic E-state index is -1.03. The molecule has 2 aromatic rings. The maximum absolute atomic E-state index is 10.8. The third kappa shape index (κ3) is 2.46. The Labute approximate surface area is 109 Å². The van der Waals surface area contributed by atoms with E-state index in [0.717, 1.165) is 6.54 Å². The van der Waals surface area contributed by atoms with Gasteiger partial charge in [-0.3, -0.25) is 0 Å². The van der Waals surface area contributed by atoms with E-state index in [4.69, 9.17) is 21.4 Å². The van der Waals surface area contributed by atoms with Gasteiger partial charge in [0.2, 0.25) is 0 Å². The molecular formula is C12H11ClN2O3. The van der Waals surface area contributed by atoms with Crippen LogP contribution in [0.4, 0.5) is 0 Å². The van der Waals surface area contributed by atoms with Crippen molar-refractivity contribution in [2.45, 2.75) is 13.5 Å². The van der Waals surface area contributed by atoms with Crippen molar-refractivity contribution in [3.05, 3.63) is 41.2 Å². The van der Waals surface area contributed by atoms with E-state index in [9.17, 15) is 4.79 Å². The van der Waals surface area contributed by atoms with Crippen LogP contribution in [-0.2, 0) is 6.54 Å². The predicted molar refractivity (Wildman–Crippen MR) is 66.4 cm³/mol. The van der Waals surface area contributed by atoms with Crippen molar-refractivity contribution in [2.24, 2.45) is 0 Å². The van der Waals surface area contributed by atoms with Crippen LogP contribution < -0.4 is 4.74 Å². The summed E-state index contributed by atoms with van der Waals surface area (Å²) >= 11 is 5.96. The first-order valence-corrected chi connectivity index (χ1v) is 5.71. The fraction of sp³-hybridized carbons (Fsp3) is 0.167. The summed E-state index contributed by atoms with van der Waals surface area (Å²) in [7, 11) is 0. The van der Waals surface area contributed by atoms with E-state index in [1.54, 1.807) is 17.0 Å². The third-order valence-electron chi connectivity index (χ3n) is 2.40. The van der Waals surface area contributed by atoms with Crippen LogP contribution in [0.5, 0.6) is 11.8 Å². The van der Waals surface area contributed by atoms with Crippen LogP contribution in [0.15, 0.2) is 30.6 Å². The fourth-order valence-electron chi connectivity index (χ4n) is 1.46. The molecule has 1 heterocycles. The zero-order chi connectivity index (χ0) is 13.1. The average Bonchev–Trinajstić information content (AvgIpc) is 2.78. The fourth-order valence-corrected chi connectivity index (χ4v) is 1.68. The van der Waals surface area contributed by atoms with Crippen LogP contribution in [0.1, 0.15) is 17.3 Å². The number of aromatic carboxylic acids is 1. The Hall–Kier alpha value is -2.01. The summed E-state index contributed by atoms with van der Waals surface area (Å²) in [5.41, 5.74) is 0.117. The van der Waals surface area contributed by atoms with Crippen molar-refractivity contribution in [1.29, 1.82) is 0 Å². The summed E-state index contributed by atoms with van der Waals surface area (Å²) in [6.07, 6.45) is 3.41. The molecule has 0 spiro atoms. The Balaban J connectivity index is 2.27. The van der Waals surface area contributed by atoms with Gasteiger partial charge in [-0.2, -0.15) is 0 Å². The van der Waals surface area contributed by atoms with E-state index in [1.165, 1.54) is 18.2 Å². The number of hydrogen-bond acceptors (Lipinski definition) is 3. The highest BCUT2D eigenvalue weighted by molar-refractivity contribution is 6.32. The van der Waals surface area contributed by atoms with E-state index in [2.05, 4.69) is 4.98 Å². The predicted octanol–water partition coefficient (Wildman–Crippen LogP) is 3.05. The Morgan fingerprint density at radius 2 is 2.33 bits per heavy atom. The van der Waals surface area contributed by atoms with E-state index >= 15 is 0 Å². The number of nitrogens with zero attached hydrogens (tertiary/aromatic N) is 2. The molecule has 0 saturated heterocycles. The molecule has 0 atom stereocenters. The number of carboxylic acid groups (broad SMARTS) is 1. The molecule has 0 amide bonds. The summed E-state index contributed by atoms with van der Waals surface area (Å²) in [4.78, 5) is 14.8. The molecule has 18 heavy (non-hydrogen) atoms. The van der Waals surface area contributed by atoms with Gasteiger partial charge in [-0.05, 0) is 25.1 Å². The summed E-state index contributed by atoms with van der Waals surface area (Å²) < 4.78 is 7.34. The maximum atomic E-state index is 10.8. The van der Waals surface area contributed by atoms with Crippen molar-refractivity contribution < 1.29 is 14.6 Å². The molecular weight excluding hydrogens is 256 g/mol. The molecule has 5 nitrogen and oxygen atoms in total. The Bertz CT molecular complexity index is 580. The molecule has 94 valence electrons. The van der Waals surface area contributed by atoms with Crippen LogP contribution >= 0.6 is 11.6 Å². The van der Waals surface area contributed by atoms with Gasteiger partial charge in [0, 0.05) is 18.9 Å². The van der Waals surface area contributed by atoms with Gasteiger partial charge >= 0.3 is 12.0 Å². The van der Waals surface area contributed by atoms with Gasteiger partial charge in [0.1, 0.15) is 5.75 Å². The number of halogens is 1. The third-order valence-corrected chi connectivity index (χ3v) is 2.69. The SMILES string of the molecule is CCn1ccnc1Oc1ccc(C(=O)O)cc1Cl. The zero-order valence-corrected chi connectivity index (χ0v) is 10.4. The van der Waals surface area contributed by atoms with Gasteiger partial charge in [0.25, 0.3) is 0 Å². The van der Waals surface area contributed by atoms with Crippen molar-refractivity contribution in [3.8, 4) is 11.8 Å². The number of carbonyl (C=O) groups is 1. The van der Waals surface area contributed by atoms with E-state index < -0.39 is 5.97 Å². The Kier molecular flexibility index (Phi) is 3.53. The van der Waals surface area contributed by atoms with Gasteiger partial charge in [-0.15, -0.1) is 0 Å². The van der Waals surface area contributed by atoms with Crippen LogP contribution in [0, 0.1) is 0 Å². The van der Waals surface area contributed by atoms with Gasteiger partial charge in [0.05, 0.1) is 10.6 Å². The highest BCUT2D eigenvalue weighted by Crippen LogP contribution is 2.29. The van der Waals surface area contributed by atoms with Crippen LogP contribution in [0.2, 0.25) is 5.02 Å². The first-order valence-electron chi connectivity index (χ1n) is 5.33. The summed E-state index contributed by atoms with van der Waals surface area (Å²) in [6, 6.07) is 4.71. The molecule has 1 N–H and O–H groups in total. The van der Waals surface area contributed by atoms with Gasteiger partial charge in [-0.1, -0.05) is 11.6 Å². The number of imidazole rings is 1. The van der Waals surface area contributed by atoms with Crippen molar-refractivity contribution in [3.63, 3.8) is 0 Å². The minimum Gasteiger partial charge on any atom is -0.478 e. The summed E-state index contributed by atoms with van der Waals surface area (Å²) in [5.74, 6) is -0.652. The van der Waals surface area contributed by atoms with Gasteiger partial charge in [0.15, 0.2) is 0 Å². The number of aromatic nitrogens is 2. The van der Waals surface area contributed by atoms with Crippen LogP contribution in [0.3, 0.4) is 0 Å². The van der Waals surface area contributed by atoms with Crippen LogP contribution in [-0.4, -0.2) is 20.6 Å². The lowest BCUT2D eigenvalue weighted by Gasteiger charge is -2.08. The summed E-state index contributed by atoms with van der Waals surface area (Å²) in [5, 5.41) is 9.06. The van der Waals surface area contributed by atoms with Crippen molar-refractivity contribution in [2.75, 3.05) is 0 Å². The molecule has 0 radical (unpaired) electrons. The topological polar surface area (TPSA) is 64.4 Å². The molecule has 2 rings (SSSR count). The highest BCUT2D eigenvalue weighted by atomic mass is 35.5. The number of rotatable bonds is 4. The molecule has 0 fully saturated rings. The minimum absolute atomic E-state index is 0.117. The first kappa shape index (κ1) is 12.4. The van der Waals surface area contributed by atoms with Crippen molar-refractivity contribution >= 4 is 17.6 Å². The van der Waals surface area contributed by atoms with E-state index in [-0.39, 0.29) is 10.6 Å². The lowest BCUT2D eigenvalue weighted by molar-refractivity contribution is 0.0697. The second kappa shape index (κ2) is 5.10. The number of ether oxygens (including phenoxy) is 1. The zero-order valence-electron chi connectivity index (χ0n) is 9.63. The van der Waals surface area contributed by atoms with E-state index in [0.29, 0.717) is 11.8 Å². The lowest BCUT2D eigenvalue weighted by atomic mass is 10.2. The molecule has 1 aromatic carbocycles. The van der Waals surface area contributed by atoms with Crippen LogP contribution in [0.25, 0.3) is 0 Å². The smallest absolute Gasteiger partial charge is 0.335 e. The van der Waals surface area contributed by atoms with E-state index in [1.807, 2.05) is 6.92 Å². The molecule has 0 saturated carbocycles. The second-order valence-electron chi connectivity index (χ2n) is 3.55. The number of aryl methyl sites for hydroxylation is 1. The van der Waals surface area contributed by atoms with Gasteiger partial charge in [-0.25, -0.2) is 9.78 Å². The highest BCUT2D eigenvalue weighted by Gasteiger charge is 2.10. The standard InChI is InChI=1S/C12H11ClN2O3/c1-2-15-6-5-14-12(15)18-10-4-3-8(11(16)17)7-9(10)13/h3-7H,2H2,1H3,(H,16,17). The summed E-state index contributed by atoms with van der Waals surface area (Å²) in [6.45, 7) is 2.68. The number of hydrogen-bond donors (Lipinski definition) is 1. The largest absolute Gasteiger partial charge is 0.478 e. The monoisotopic (exact) mass is 266 g/mol. The number of benzene rings is 1. The molecule has 0 aliphatic heterocycles. The second-order valence-corrected chi connectivity index (χ2v) is 3.96. The average molecular weight is 267 g/mol. The normalized spacial score (nSPS) is 10.3. The number of carboxylic acids is 1. The van der Waals surface area contributed by atoms with Crippen molar-refractivity contribution in [1.82, 2.24) is 9.55 Å². The van der Waals surface area contributed by atoms with Gasteiger partial charge < -0.3 is 14.4 Å². The molecule has 1 aromatic heterocycles. The first-order chi connectivity index (χ1) is 8.61. The Morgan fingerprint density at radius 1 is 1.56 bits per heavy atom. The maximum Gasteiger partial charge on any atom is 0.335 e. The molecule has 6 heteroatoms. The molecule has 0 aliphatic rings. The lowest BCUT2D eigenvalue weighted by Crippen LogP contribution is -1.99. The quantitative estimate of drug-likeness (QED) is 0.924. The Morgan fingerprint density at radius 3 is 2.94 bits per heavy atom.